The van der Waals surface area contributed by atoms with E-state index in [9.17, 15) is 9.59 Å². The first-order chi connectivity index (χ1) is 16.2. The van der Waals surface area contributed by atoms with Crippen molar-refractivity contribution in [3.63, 3.8) is 0 Å². The molecule has 2 saturated carbocycles. The van der Waals surface area contributed by atoms with Gasteiger partial charge in [-0.1, -0.05) is 36.4 Å². The van der Waals surface area contributed by atoms with Crippen molar-refractivity contribution in [1.82, 2.24) is 10.6 Å². The highest BCUT2D eigenvalue weighted by Gasteiger charge is 2.42. The number of hydrogen-bond acceptors (Lipinski definition) is 5. The molecule has 2 aromatic carbocycles. The quantitative estimate of drug-likeness (QED) is 0.516. The van der Waals surface area contributed by atoms with Crippen LogP contribution in [-0.4, -0.2) is 36.0 Å². The van der Waals surface area contributed by atoms with Gasteiger partial charge in [-0.2, -0.15) is 0 Å². The number of ether oxygens (including phenoxy) is 2. The molecule has 0 bridgehead atoms. The molecule has 0 aliphatic heterocycles. The number of carbonyl (C=O) groups is 2. The average Bonchev–Trinajstić information content (AvgIpc) is 3.53. The second-order valence-corrected chi connectivity index (χ2v) is 10.4. The third kappa shape index (κ3) is 6.65. The Morgan fingerprint density at radius 3 is 2.09 bits per heavy atom. The predicted molar refractivity (Wildman–Crippen MR) is 132 cm³/mol. The van der Waals surface area contributed by atoms with E-state index in [2.05, 4.69) is 34.9 Å². The van der Waals surface area contributed by atoms with E-state index in [-0.39, 0.29) is 36.3 Å². The highest BCUT2D eigenvalue weighted by Crippen LogP contribution is 2.43. The second kappa shape index (κ2) is 9.95. The van der Waals surface area contributed by atoms with Gasteiger partial charge in [-0.3, -0.25) is 0 Å². The van der Waals surface area contributed by atoms with Gasteiger partial charge in [-0.05, 0) is 81.7 Å². The van der Waals surface area contributed by atoms with E-state index in [1.54, 1.807) is 0 Å². The van der Waals surface area contributed by atoms with Gasteiger partial charge in [0.2, 0.25) is 0 Å². The Bertz CT molecular complexity index is 1010. The predicted octanol–water partition coefficient (Wildman–Crippen LogP) is 5.35. The number of anilines is 1. The number of carbonyl (C=O) groups excluding carboxylic acids is 2. The Balaban J connectivity index is 1.18. The Morgan fingerprint density at radius 2 is 1.50 bits per heavy atom. The maximum atomic E-state index is 12.4. The molecule has 2 aliphatic carbocycles. The third-order valence-electron chi connectivity index (χ3n) is 6.32. The van der Waals surface area contributed by atoms with Crippen LogP contribution in [0.1, 0.15) is 64.4 Å². The van der Waals surface area contributed by atoms with E-state index in [0.717, 1.165) is 48.9 Å². The van der Waals surface area contributed by atoms with Crippen molar-refractivity contribution in [3.05, 3.63) is 54.1 Å². The van der Waals surface area contributed by atoms with Crippen molar-refractivity contribution < 1.29 is 19.1 Å². The minimum absolute atomic E-state index is 0.0685. The maximum Gasteiger partial charge on any atom is 0.407 e. The molecule has 7 heteroatoms. The van der Waals surface area contributed by atoms with Gasteiger partial charge in [0.05, 0.1) is 0 Å². The van der Waals surface area contributed by atoms with Crippen molar-refractivity contribution >= 4 is 17.9 Å². The molecule has 2 amide bonds. The molecule has 0 heterocycles. The molecular formula is C27H35N3O4. The van der Waals surface area contributed by atoms with Crippen LogP contribution in [0.5, 0.6) is 0 Å². The molecule has 34 heavy (non-hydrogen) atoms. The lowest BCUT2D eigenvalue weighted by Crippen LogP contribution is -2.45. The summed E-state index contributed by atoms with van der Waals surface area (Å²) in [5, 5.41) is 5.91. The van der Waals surface area contributed by atoms with Crippen molar-refractivity contribution in [2.75, 3.05) is 5.73 Å². The van der Waals surface area contributed by atoms with Crippen molar-refractivity contribution in [2.45, 2.75) is 82.6 Å². The topological polar surface area (TPSA) is 103 Å². The highest BCUT2D eigenvalue weighted by molar-refractivity contribution is 5.69. The van der Waals surface area contributed by atoms with E-state index >= 15 is 0 Å². The normalized spacial score (nSPS) is 24.1. The van der Waals surface area contributed by atoms with Crippen LogP contribution in [0.2, 0.25) is 0 Å². The largest absolute Gasteiger partial charge is 0.446 e. The molecule has 2 aromatic rings. The minimum atomic E-state index is -0.508. The lowest BCUT2D eigenvalue weighted by atomic mass is 9.91. The molecule has 0 aromatic heterocycles. The van der Waals surface area contributed by atoms with Crippen LogP contribution in [0.15, 0.2) is 48.5 Å². The molecule has 4 N–H and O–H groups in total. The first-order valence-electron chi connectivity index (χ1n) is 12.1. The SMILES string of the molecule is CC(C)(C)OC(=O)NC1CCC(NC(=O)OC2CC2c2ccc(-c3cccc(N)c3)cc2)CC1. The van der Waals surface area contributed by atoms with Crippen LogP contribution >= 0.6 is 0 Å². The third-order valence-corrected chi connectivity index (χ3v) is 6.32. The molecule has 2 unspecified atom stereocenters. The molecule has 2 atom stereocenters. The fourth-order valence-electron chi connectivity index (χ4n) is 4.49. The van der Waals surface area contributed by atoms with Gasteiger partial charge in [0.25, 0.3) is 0 Å². The summed E-state index contributed by atoms with van der Waals surface area (Å²) < 4.78 is 11.0. The number of nitrogen functional groups attached to an aromatic ring is 1. The molecule has 4 rings (SSSR count). The van der Waals surface area contributed by atoms with E-state index in [0.29, 0.717) is 0 Å². The van der Waals surface area contributed by atoms with Crippen molar-refractivity contribution in [1.29, 1.82) is 0 Å². The summed E-state index contributed by atoms with van der Waals surface area (Å²) in [7, 11) is 0. The first kappa shape index (κ1) is 23.9. The molecular weight excluding hydrogens is 430 g/mol. The molecule has 182 valence electrons. The first-order valence-corrected chi connectivity index (χ1v) is 12.1. The molecule has 7 nitrogen and oxygen atoms in total. The summed E-state index contributed by atoms with van der Waals surface area (Å²) in [6, 6.07) is 16.3. The summed E-state index contributed by atoms with van der Waals surface area (Å²) in [6.07, 6.45) is 3.23. The minimum Gasteiger partial charge on any atom is -0.446 e. The number of alkyl carbamates (subject to hydrolysis) is 2. The van der Waals surface area contributed by atoms with Crippen LogP contribution in [0.3, 0.4) is 0 Å². The Hall–Kier alpha value is -3.22. The van der Waals surface area contributed by atoms with Gasteiger partial charge in [0.1, 0.15) is 11.7 Å². The lowest BCUT2D eigenvalue weighted by molar-refractivity contribution is 0.0488. The van der Waals surface area contributed by atoms with Crippen LogP contribution in [0, 0.1) is 0 Å². The van der Waals surface area contributed by atoms with E-state index in [1.807, 2.05) is 45.0 Å². The summed E-state index contributed by atoms with van der Waals surface area (Å²) in [5.74, 6) is 0.245. The van der Waals surface area contributed by atoms with Gasteiger partial charge < -0.3 is 25.8 Å². The monoisotopic (exact) mass is 465 g/mol. The standard InChI is InChI=1S/C27H35N3O4/c1-27(2,3)34-26(32)30-22-13-11-21(12-14-22)29-25(31)33-24-16-23(24)18-9-7-17(8-10-18)19-5-4-6-20(28)15-19/h4-10,15,21-24H,11-14,16,28H2,1-3H3,(H,29,31)(H,30,32). The molecule has 0 spiro atoms. The van der Waals surface area contributed by atoms with Crippen LogP contribution < -0.4 is 16.4 Å². The Morgan fingerprint density at radius 1 is 0.882 bits per heavy atom. The summed E-state index contributed by atoms with van der Waals surface area (Å²) in [4.78, 5) is 24.3. The van der Waals surface area contributed by atoms with Gasteiger partial charge >= 0.3 is 12.2 Å². The highest BCUT2D eigenvalue weighted by atomic mass is 16.6. The smallest absolute Gasteiger partial charge is 0.407 e. The van der Waals surface area contributed by atoms with Crippen LogP contribution in [0.25, 0.3) is 11.1 Å². The zero-order chi connectivity index (χ0) is 24.3. The van der Waals surface area contributed by atoms with Gasteiger partial charge in [-0.15, -0.1) is 0 Å². The fraction of sp³-hybridized carbons (Fsp3) is 0.481. The Labute approximate surface area is 201 Å². The number of nitrogens with one attached hydrogen (secondary N) is 2. The van der Waals surface area contributed by atoms with E-state index in [4.69, 9.17) is 15.2 Å². The number of amides is 2. The molecule has 2 aliphatic rings. The zero-order valence-electron chi connectivity index (χ0n) is 20.2. The summed E-state index contributed by atoms with van der Waals surface area (Å²) >= 11 is 0. The van der Waals surface area contributed by atoms with E-state index in [1.165, 1.54) is 5.56 Å². The van der Waals surface area contributed by atoms with Gasteiger partial charge in [0.15, 0.2) is 0 Å². The van der Waals surface area contributed by atoms with Gasteiger partial charge in [0, 0.05) is 23.7 Å². The number of hydrogen-bond donors (Lipinski definition) is 3. The van der Waals surface area contributed by atoms with Crippen LogP contribution in [-0.2, 0) is 9.47 Å². The van der Waals surface area contributed by atoms with Crippen LogP contribution in [0.4, 0.5) is 15.3 Å². The molecule has 0 saturated heterocycles. The van der Waals surface area contributed by atoms with Crippen molar-refractivity contribution in [3.8, 4) is 11.1 Å². The number of nitrogens with two attached hydrogens (primary N) is 1. The number of benzene rings is 2. The second-order valence-electron chi connectivity index (χ2n) is 10.4. The number of rotatable bonds is 5. The lowest BCUT2D eigenvalue weighted by Gasteiger charge is -2.30. The van der Waals surface area contributed by atoms with E-state index < -0.39 is 5.60 Å². The maximum absolute atomic E-state index is 12.4. The zero-order valence-corrected chi connectivity index (χ0v) is 20.2. The van der Waals surface area contributed by atoms with Crippen molar-refractivity contribution in [2.24, 2.45) is 0 Å². The van der Waals surface area contributed by atoms with Gasteiger partial charge in [-0.25, -0.2) is 9.59 Å². The fourth-order valence-corrected chi connectivity index (χ4v) is 4.49. The molecule has 0 radical (unpaired) electrons. The molecule has 2 fully saturated rings. The summed E-state index contributed by atoms with van der Waals surface area (Å²) in [5.41, 5.74) is 9.51. The average molecular weight is 466 g/mol. The Kier molecular flexibility index (Phi) is 7.00. The summed E-state index contributed by atoms with van der Waals surface area (Å²) in [6.45, 7) is 5.54.